The van der Waals surface area contributed by atoms with Gasteiger partial charge in [0.15, 0.2) is 0 Å². The summed E-state index contributed by atoms with van der Waals surface area (Å²) < 4.78 is 11.4. The van der Waals surface area contributed by atoms with Crippen molar-refractivity contribution in [1.82, 2.24) is 4.90 Å². The van der Waals surface area contributed by atoms with E-state index in [-0.39, 0.29) is 18.1 Å². The zero-order valence-corrected chi connectivity index (χ0v) is 12.5. The molecule has 1 fully saturated rings. The van der Waals surface area contributed by atoms with Gasteiger partial charge in [0.2, 0.25) is 0 Å². The highest BCUT2D eigenvalue weighted by atomic mass is 79.9. The molecule has 1 amide bonds. The van der Waals surface area contributed by atoms with E-state index < -0.39 is 0 Å². The Balaban J connectivity index is 2.14. The normalized spacial score (nSPS) is 22.8. The monoisotopic (exact) mass is 328 g/mol. The molecule has 2 rings (SSSR count). The summed E-state index contributed by atoms with van der Waals surface area (Å²) in [5.74, 6) is -0.0548. The first-order valence-electron chi connectivity index (χ1n) is 5.96. The number of anilines is 1. The third kappa shape index (κ3) is 2.91. The summed E-state index contributed by atoms with van der Waals surface area (Å²) in [5.41, 5.74) is 6.93. The zero-order valence-electron chi connectivity index (χ0n) is 10.9. The minimum atomic E-state index is -0.0817. The molecule has 1 saturated heterocycles. The quantitative estimate of drug-likeness (QED) is 0.854. The van der Waals surface area contributed by atoms with Gasteiger partial charge in [0.25, 0.3) is 5.91 Å². The molecule has 1 aromatic rings. The molecule has 2 unspecified atom stereocenters. The maximum Gasteiger partial charge on any atom is 0.254 e. The van der Waals surface area contributed by atoms with E-state index in [0.29, 0.717) is 24.3 Å². The Kier molecular flexibility index (Phi) is 4.44. The number of benzene rings is 1. The largest absolute Gasteiger partial charge is 0.398 e. The summed E-state index contributed by atoms with van der Waals surface area (Å²) in [4.78, 5) is 14.1. The second-order valence-corrected chi connectivity index (χ2v) is 5.35. The Labute approximate surface area is 120 Å². The standard InChI is InChI=1S/C13H17BrN2O3/c1-18-11-6-16(7-12(11)19-2)13(17)8-3-4-9(14)10(15)5-8/h3-5,11-12H,6-7,15H2,1-2H3. The third-order valence-corrected chi connectivity index (χ3v) is 4.07. The van der Waals surface area contributed by atoms with Crippen molar-refractivity contribution in [2.24, 2.45) is 0 Å². The first-order valence-corrected chi connectivity index (χ1v) is 6.76. The van der Waals surface area contributed by atoms with E-state index in [4.69, 9.17) is 15.2 Å². The van der Waals surface area contributed by atoms with E-state index in [1.54, 1.807) is 37.3 Å². The third-order valence-electron chi connectivity index (χ3n) is 3.35. The number of nitrogen functional groups attached to an aromatic ring is 1. The number of carbonyl (C=O) groups is 1. The van der Waals surface area contributed by atoms with E-state index in [2.05, 4.69) is 15.9 Å². The van der Waals surface area contributed by atoms with Gasteiger partial charge in [0.1, 0.15) is 12.2 Å². The number of ether oxygens (including phenoxy) is 2. The number of hydrogen-bond donors (Lipinski definition) is 1. The fraction of sp³-hybridized carbons (Fsp3) is 0.462. The highest BCUT2D eigenvalue weighted by molar-refractivity contribution is 9.10. The van der Waals surface area contributed by atoms with Crippen LogP contribution in [0.4, 0.5) is 5.69 Å². The van der Waals surface area contributed by atoms with Crippen LogP contribution in [0.2, 0.25) is 0 Å². The van der Waals surface area contributed by atoms with Gasteiger partial charge in [-0.05, 0) is 34.1 Å². The minimum Gasteiger partial charge on any atom is -0.398 e. The molecule has 0 aliphatic carbocycles. The summed E-state index contributed by atoms with van der Waals surface area (Å²) in [6, 6.07) is 5.21. The van der Waals surface area contributed by atoms with Crippen molar-refractivity contribution in [3.63, 3.8) is 0 Å². The number of likely N-dealkylation sites (tertiary alicyclic amines) is 1. The van der Waals surface area contributed by atoms with E-state index >= 15 is 0 Å². The van der Waals surface area contributed by atoms with Crippen molar-refractivity contribution in [3.05, 3.63) is 28.2 Å². The lowest BCUT2D eigenvalue weighted by atomic mass is 10.2. The Hall–Kier alpha value is -1.11. The second-order valence-electron chi connectivity index (χ2n) is 4.49. The molecule has 1 aliphatic rings. The molecule has 19 heavy (non-hydrogen) atoms. The number of nitrogens with zero attached hydrogens (tertiary/aromatic N) is 1. The summed E-state index contributed by atoms with van der Waals surface area (Å²) in [7, 11) is 3.25. The first-order chi connectivity index (χ1) is 9.06. The Morgan fingerprint density at radius 2 is 1.89 bits per heavy atom. The first kappa shape index (κ1) is 14.3. The Morgan fingerprint density at radius 3 is 2.37 bits per heavy atom. The molecule has 6 heteroatoms. The number of amides is 1. The van der Waals surface area contributed by atoms with Crippen molar-refractivity contribution < 1.29 is 14.3 Å². The van der Waals surface area contributed by atoms with Gasteiger partial charge >= 0.3 is 0 Å². The summed E-state index contributed by atoms with van der Waals surface area (Å²) in [6.45, 7) is 1.06. The lowest BCUT2D eigenvalue weighted by Gasteiger charge is -2.16. The minimum absolute atomic E-state index is 0.0548. The topological polar surface area (TPSA) is 64.8 Å². The number of rotatable bonds is 3. The van der Waals surface area contributed by atoms with Crippen LogP contribution in [0.3, 0.4) is 0 Å². The lowest BCUT2D eigenvalue weighted by Crippen LogP contribution is -2.30. The van der Waals surface area contributed by atoms with Gasteiger partial charge in [-0.1, -0.05) is 0 Å². The van der Waals surface area contributed by atoms with Gasteiger partial charge in [0.05, 0.1) is 0 Å². The summed E-state index contributed by atoms with van der Waals surface area (Å²) in [5, 5.41) is 0. The molecule has 0 aromatic heterocycles. The van der Waals surface area contributed by atoms with Crippen LogP contribution in [0.15, 0.2) is 22.7 Å². The van der Waals surface area contributed by atoms with Gasteiger partial charge in [-0.25, -0.2) is 0 Å². The van der Waals surface area contributed by atoms with Crippen molar-refractivity contribution in [3.8, 4) is 0 Å². The van der Waals surface area contributed by atoms with Crippen molar-refractivity contribution in [2.45, 2.75) is 12.2 Å². The molecule has 5 nitrogen and oxygen atoms in total. The van der Waals surface area contributed by atoms with Crippen LogP contribution >= 0.6 is 15.9 Å². The van der Waals surface area contributed by atoms with Crippen molar-refractivity contribution in [2.75, 3.05) is 33.0 Å². The Bertz CT molecular complexity index is 469. The lowest BCUT2D eigenvalue weighted by molar-refractivity contribution is -0.00461. The van der Waals surface area contributed by atoms with Gasteiger partial charge in [-0.3, -0.25) is 4.79 Å². The fourth-order valence-electron chi connectivity index (χ4n) is 2.22. The fourth-order valence-corrected chi connectivity index (χ4v) is 2.47. The highest BCUT2D eigenvalue weighted by Crippen LogP contribution is 2.23. The maximum absolute atomic E-state index is 12.4. The highest BCUT2D eigenvalue weighted by Gasteiger charge is 2.35. The molecule has 2 atom stereocenters. The van der Waals surface area contributed by atoms with Gasteiger partial charge in [-0.2, -0.15) is 0 Å². The van der Waals surface area contributed by atoms with Crippen LogP contribution in [-0.2, 0) is 9.47 Å². The van der Waals surface area contributed by atoms with Gasteiger partial charge in [0, 0.05) is 43.0 Å². The molecule has 1 aliphatic heterocycles. The van der Waals surface area contributed by atoms with Crippen LogP contribution in [0.1, 0.15) is 10.4 Å². The molecule has 1 aromatic carbocycles. The van der Waals surface area contributed by atoms with E-state index in [9.17, 15) is 4.79 Å². The van der Waals surface area contributed by atoms with Crippen LogP contribution in [0.5, 0.6) is 0 Å². The number of nitrogens with two attached hydrogens (primary N) is 1. The molecule has 2 N–H and O–H groups in total. The van der Waals surface area contributed by atoms with Crippen LogP contribution in [0.25, 0.3) is 0 Å². The van der Waals surface area contributed by atoms with Crippen LogP contribution < -0.4 is 5.73 Å². The second kappa shape index (κ2) is 5.90. The average Bonchev–Trinajstić information content (AvgIpc) is 2.84. The summed E-state index contributed by atoms with van der Waals surface area (Å²) >= 11 is 3.31. The average molecular weight is 329 g/mol. The van der Waals surface area contributed by atoms with E-state index in [0.717, 1.165) is 4.47 Å². The van der Waals surface area contributed by atoms with E-state index in [1.807, 2.05) is 0 Å². The predicted octanol–water partition coefficient (Wildman–Crippen LogP) is 1.52. The molecule has 104 valence electrons. The van der Waals surface area contributed by atoms with Gasteiger partial charge in [-0.15, -0.1) is 0 Å². The van der Waals surface area contributed by atoms with Crippen molar-refractivity contribution >= 4 is 27.5 Å². The number of hydrogen-bond acceptors (Lipinski definition) is 4. The molecule has 0 bridgehead atoms. The molecule has 1 heterocycles. The SMILES string of the molecule is COC1CN(C(=O)c2ccc(Br)c(N)c2)CC1OC. The molecule has 0 saturated carbocycles. The molecular weight excluding hydrogens is 312 g/mol. The molecule has 0 radical (unpaired) electrons. The van der Waals surface area contributed by atoms with Crippen molar-refractivity contribution in [1.29, 1.82) is 0 Å². The van der Waals surface area contributed by atoms with Crippen LogP contribution in [0, 0.1) is 0 Å². The zero-order chi connectivity index (χ0) is 14.0. The van der Waals surface area contributed by atoms with Gasteiger partial charge < -0.3 is 20.1 Å². The molecular formula is C13H17BrN2O3. The molecule has 0 spiro atoms. The number of halogens is 1. The summed E-state index contributed by atoms with van der Waals surface area (Å²) in [6.07, 6.45) is -0.163. The van der Waals surface area contributed by atoms with Crippen LogP contribution in [-0.4, -0.2) is 50.3 Å². The maximum atomic E-state index is 12.4. The predicted molar refractivity (Wildman–Crippen MR) is 76.1 cm³/mol. The number of carbonyl (C=O) groups excluding carboxylic acids is 1. The van der Waals surface area contributed by atoms with E-state index in [1.165, 1.54) is 0 Å². The smallest absolute Gasteiger partial charge is 0.254 e. The number of methoxy groups -OCH3 is 2. The Morgan fingerprint density at radius 1 is 1.32 bits per heavy atom.